The lowest BCUT2D eigenvalue weighted by Crippen LogP contribution is -2.60. The fraction of sp³-hybridized carbons (Fsp3) is 0.422. The van der Waals surface area contributed by atoms with Gasteiger partial charge in [0.15, 0.2) is 9.84 Å². The van der Waals surface area contributed by atoms with Crippen LogP contribution in [0.1, 0.15) is 65.3 Å². The van der Waals surface area contributed by atoms with Crippen molar-refractivity contribution < 1.29 is 41.5 Å². The van der Waals surface area contributed by atoms with Crippen LogP contribution in [0.2, 0.25) is 0 Å². The summed E-state index contributed by atoms with van der Waals surface area (Å²) in [5, 5.41) is 8.39. The zero-order chi connectivity index (χ0) is 45.9. The Morgan fingerprint density at radius 3 is 2.48 bits per heavy atom. The molecule has 65 heavy (non-hydrogen) atoms. The van der Waals surface area contributed by atoms with Gasteiger partial charge in [-0.3, -0.25) is 34.2 Å². The molecule has 5 amide bonds. The Balaban J connectivity index is 0.958. The second kappa shape index (κ2) is 17.1. The predicted molar refractivity (Wildman–Crippen MR) is 241 cm³/mol. The van der Waals surface area contributed by atoms with E-state index < -0.39 is 62.9 Å². The summed E-state index contributed by atoms with van der Waals surface area (Å²) in [6.07, 6.45) is 3.49. The van der Waals surface area contributed by atoms with Crippen molar-refractivity contribution >= 4 is 84.8 Å². The number of hydrogen-bond donors (Lipinski definition) is 3. The number of hydrogen-bond acceptors (Lipinski definition) is 15. The molecule has 4 atom stereocenters. The number of methoxy groups -OCH3 is 1. The number of fused-ring (bicyclic) bond motifs is 2. The lowest BCUT2D eigenvalue weighted by Gasteiger charge is -2.47. The van der Waals surface area contributed by atoms with Crippen molar-refractivity contribution in [3.8, 4) is 0 Å². The maximum absolute atomic E-state index is 14.8. The lowest BCUT2D eigenvalue weighted by molar-refractivity contribution is -0.136. The van der Waals surface area contributed by atoms with Gasteiger partial charge in [-0.15, -0.1) is 0 Å². The molecule has 20 heteroatoms. The first kappa shape index (κ1) is 43.7. The molecule has 4 aromatic rings. The van der Waals surface area contributed by atoms with Gasteiger partial charge in [0.2, 0.25) is 23.7 Å². The Morgan fingerprint density at radius 1 is 0.969 bits per heavy atom. The number of alkyl halides is 1. The molecule has 5 aliphatic heterocycles. The van der Waals surface area contributed by atoms with E-state index in [-0.39, 0.29) is 67.1 Å². The Bertz CT molecular complexity index is 2770. The summed E-state index contributed by atoms with van der Waals surface area (Å²) >= 11 is 0. The number of ether oxygens (including phenoxy) is 1. The molecule has 4 fully saturated rings. The number of sulfone groups is 1. The van der Waals surface area contributed by atoms with Crippen molar-refractivity contribution in [2.24, 2.45) is 5.92 Å². The summed E-state index contributed by atoms with van der Waals surface area (Å²) in [5.41, 5.74) is 4.09. The first-order valence-corrected chi connectivity index (χ1v) is 23.3. The molecule has 2 aromatic heterocycles. The molecular weight excluding hydrogens is 860 g/mol. The summed E-state index contributed by atoms with van der Waals surface area (Å²) in [4.78, 5) is 84.9. The van der Waals surface area contributed by atoms with Crippen LogP contribution in [0.4, 0.5) is 38.9 Å². The fourth-order valence-corrected chi connectivity index (χ4v) is 11.6. The number of anilines is 6. The van der Waals surface area contributed by atoms with Crippen molar-refractivity contribution in [1.29, 1.82) is 0 Å². The molecule has 7 heterocycles. The van der Waals surface area contributed by atoms with Crippen molar-refractivity contribution in [3.63, 3.8) is 0 Å². The van der Waals surface area contributed by atoms with Crippen LogP contribution >= 0.6 is 0 Å². The van der Waals surface area contributed by atoms with Crippen LogP contribution in [-0.2, 0) is 29.0 Å². The Hall–Kier alpha value is -6.54. The number of amides is 5. The zero-order valence-electron chi connectivity index (χ0n) is 36.1. The molecule has 4 saturated heterocycles. The average Bonchev–Trinajstić information content (AvgIpc) is 3.51. The largest absolute Gasteiger partial charge is 0.378 e. The van der Waals surface area contributed by atoms with E-state index in [4.69, 9.17) is 9.72 Å². The smallest absolute Gasteiger partial charge is 0.262 e. The number of piperidine rings is 2. The molecule has 0 aliphatic carbocycles. The third kappa shape index (κ3) is 8.13. The minimum Gasteiger partial charge on any atom is -0.378 e. The van der Waals surface area contributed by atoms with Crippen LogP contribution in [0, 0.1) is 5.92 Å². The molecule has 18 nitrogen and oxygen atoms in total. The van der Waals surface area contributed by atoms with E-state index in [2.05, 4.69) is 37.4 Å². The Labute approximate surface area is 374 Å². The highest BCUT2D eigenvalue weighted by Crippen LogP contribution is 2.42. The molecule has 5 aliphatic rings. The molecule has 0 saturated carbocycles. The van der Waals surface area contributed by atoms with E-state index in [1.165, 1.54) is 19.3 Å². The van der Waals surface area contributed by atoms with Gasteiger partial charge >= 0.3 is 0 Å². The molecule has 2 unspecified atom stereocenters. The van der Waals surface area contributed by atoms with E-state index in [1.54, 1.807) is 30.6 Å². The number of benzene rings is 2. The van der Waals surface area contributed by atoms with Gasteiger partial charge in [-0.1, -0.05) is 20.4 Å². The van der Waals surface area contributed by atoms with Gasteiger partial charge in [0.25, 0.3) is 11.8 Å². The van der Waals surface area contributed by atoms with Gasteiger partial charge in [0, 0.05) is 104 Å². The van der Waals surface area contributed by atoms with Crippen LogP contribution < -0.4 is 30.7 Å². The van der Waals surface area contributed by atoms with Gasteiger partial charge in [0.05, 0.1) is 40.3 Å². The van der Waals surface area contributed by atoms with Crippen LogP contribution in [-0.4, -0.2) is 134 Å². The molecule has 0 bridgehead atoms. The van der Waals surface area contributed by atoms with Crippen molar-refractivity contribution in [2.45, 2.75) is 62.6 Å². The molecule has 2 aromatic carbocycles. The first-order chi connectivity index (χ1) is 31.1. The lowest BCUT2D eigenvalue weighted by atomic mass is 9.91. The second-order valence-corrected chi connectivity index (χ2v) is 19.7. The minimum absolute atomic E-state index is 0.00505. The van der Waals surface area contributed by atoms with Gasteiger partial charge in [-0.2, -0.15) is 0 Å². The maximum Gasteiger partial charge on any atom is 0.262 e. The van der Waals surface area contributed by atoms with Crippen LogP contribution in [0.3, 0.4) is 0 Å². The summed E-state index contributed by atoms with van der Waals surface area (Å²) in [7, 11) is -2.02. The standard InChI is InChI=1S/C45H49FN10O8S/c1-5-38(57)50-32-18-34(30-19-48-45(52-41(30)40(32)24(2)3)49-26-10-12-47-37(16-26)54-13-11-35(64-4)31(46)22-54)55-20-25(21-55)36-23-53(14-15-65(36,62)63)27-6-7-28-29(17-27)44(61)56(43(28)60)33-8-9-39(58)51-42(33)59/h5-7,10,12,16-19,24-25,31,33,35-36H,1,8-9,11,13-15,20-23H2,2-4H3,(H,50,57)(H,51,58,59)(H,47,48,49,52)/t31-,33?,35+,36?/m0/s1. The van der Waals surface area contributed by atoms with E-state index in [0.29, 0.717) is 65.5 Å². The van der Waals surface area contributed by atoms with Crippen LogP contribution in [0.25, 0.3) is 10.9 Å². The average molecular weight is 909 g/mol. The first-order valence-electron chi connectivity index (χ1n) is 21.6. The molecule has 9 rings (SSSR count). The van der Waals surface area contributed by atoms with E-state index in [0.717, 1.165) is 10.5 Å². The van der Waals surface area contributed by atoms with Crippen molar-refractivity contribution in [3.05, 3.63) is 78.1 Å². The summed E-state index contributed by atoms with van der Waals surface area (Å²) in [5.74, 6) is -2.42. The topological polar surface area (TPSA) is 216 Å². The second-order valence-electron chi connectivity index (χ2n) is 17.4. The number of carbonyl (C=O) groups excluding carboxylic acids is 5. The summed E-state index contributed by atoms with van der Waals surface area (Å²) in [6.45, 7) is 9.45. The predicted octanol–water partition coefficient (Wildman–Crippen LogP) is 3.72. The van der Waals surface area contributed by atoms with Gasteiger partial charge in [0.1, 0.15) is 18.0 Å². The third-order valence-corrected chi connectivity index (χ3v) is 15.3. The SMILES string of the molecule is C=CC(=O)Nc1cc(N2CC(C3CN(c4ccc5c(c4)C(=O)N(C4CCC(=O)NC4=O)C5=O)CCS3(=O)=O)C2)c2cnc(Nc3ccnc(N4CC[C@@H](OC)[C@@H](F)C4)c3)nc2c1C(C)C. The normalized spacial score (nSPS) is 23.4. The van der Waals surface area contributed by atoms with E-state index >= 15 is 0 Å². The van der Waals surface area contributed by atoms with Crippen LogP contribution in [0.15, 0.2) is 61.4 Å². The molecule has 0 radical (unpaired) electrons. The number of nitrogens with one attached hydrogen (secondary N) is 3. The maximum atomic E-state index is 14.8. The highest BCUT2D eigenvalue weighted by Gasteiger charge is 2.47. The molecule has 0 spiro atoms. The van der Waals surface area contributed by atoms with E-state index in [9.17, 15) is 36.8 Å². The van der Waals surface area contributed by atoms with E-state index in [1.807, 2.05) is 35.8 Å². The zero-order valence-corrected chi connectivity index (χ0v) is 36.9. The molecule has 340 valence electrons. The number of pyridine rings is 1. The molecular formula is C45H49FN10O8S. The van der Waals surface area contributed by atoms with Gasteiger partial charge in [-0.25, -0.2) is 27.8 Å². The number of aromatic nitrogens is 3. The number of halogens is 1. The summed E-state index contributed by atoms with van der Waals surface area (Å²) in [6, 6.07) is 9.14. The quantitative estimate of drug-likeness (QED) is 0.144. The fourth-order valence-electron chi connectivity index (χ4n) is 9.63. The number of imide groups is 2. The highest BCUT2D eigenvalue weighted by molar-refractivity contribution is 7.92. The monoisotopic (exact) mass is 908 g/mol. The highest BCUT2D eigenvalue weighted by atomic mass is 32.2. The Kier molecular flexibility index (Phi) is 11.5. The third-order valence-electron chi connectivity index (χ3n) is 13.1. The number of rotatable bonds is 11. The van der Waals surface area contributed by atoms with Crippen LogP contribution in [0.5, 0.6) is 0 Å². The summed E-state index contributed by atoms with van der Waals surface area (Å²) < 4.78 is 47.5. The van der Waals surface area contributed by atoms with Crippen molar-refractivity contribution in [2.75, 3.05) is 77.5 Å². The minimum atomic E-state index is -3.54. The number of nitrogens with zero attached hydrogens (tertiary/aromatic N) is 7. The number of carbonyl (C=O) groups is 5. The van der Waals surface area contributed by atoms with Gasteiger partial charge < -0.3 is 30.1 Å². The molecule has 3 N–H and O–H groups in total. The Morgan fingerprint density at radius 2 is 1.75 bits per heavy atom. The van der Waals surface area contributed by atoms with Crippen molar-refractivity contribution in [1.82, 2.24) is 25.2 Å². The van der Waals surface area contributed by atoms with Gasteiger partial charge in [-0.05, 0) is 55.2 Å².